The summed E-state index contributed by atoms with van der Waals surface area (Å²) in [7, 11) is -2.18. The summed E-state index contributed by atoms with van der Waals surface area (Å²) < 4.78 is 34.5. The number of carbonyl (C=O) groups is 1. The number of fused-ring (bicyclic) bond motifs is 4. The Balaban J connectivity index is 1.69. The smallest absolute Gasteiger partial charge is 0.264 e. The molecule has 5 rings (SSSR count). The molecule has 2 aromatic carbocycles. The van der Waals surface area contributed by atoms with Gasteiger partial charge in [-0.3, -0.25) is 9.10 Å². The van der Waals surface area contributed by atoms with Crippen molar-refractivity contribution in [2.75, 3.05) is 18.0 Å². The maximum absolute atomic E-state index is 13.8. The zero-order valence-corrected chi connectivity index (χ0v) is 19.0. The van der Waals surface area contributed by atoms with Crippen molar-refractivity contribution in [3.05, 3.63) is 59.2 Å². The van der Waals surface area contributed by atoms with Crippen molar-refractivity contribution in [2.24, 2.45) is 11.3 Å². The number of hydrogen-bond donors (Lipinski definition) is 0. The molecular weight excluding hydrogens is 410 g/mol. The second-order valence-electron chi connectivity index (χ2n) is 9.14. The molecule has 3 aliphatic rings. The van der Waals surface area contributed by atoms with E-state index in [1.165, 1.54) is 9.88 Å². The molecule has 31 heavy (non-hydrogen) atoms. The van der Waals surface area contributed by atoms with Gasteiger partial charge < -0.3 is 4.74 Å². The van der Waals surface area contributed by atoms with E-state index in [1.54, 1.807) is 19.2 Å². The van der Waals surface area contributed by atoms with Crippen molar-refractivity contribution in [1.29, 1.82) is 0 Å². The van der Waals surface area contributed by atoms with Gasteiger partial charge in [0.2, 0.25) is 0 Å². The summed E-state index contributed by atoms with van der Waals surface area (Å²) in [5.74, 6) is 1.05. The molecule has 0 spiro atoms. The van der Waals surface area contributed by atoms with Gasteiger partial charge in [-0.05, 0) is 67.5 Å². The van der Waals surface area contributed by atoms with Crippen molar-refractivity contribution in [1.82, 2.24) is 0 Å². The molecule has 1 heterocycles. The average Bonchev–Trinajstić information content (AvgIpc) is 3.07. The molecule has 1 aliphatic heterocycles. The van der Waals surface area contributed by atoms with Crippen LogP contribution in [0.15, 0.2) is 52.9 Å². The van der Waals surface area contributed by atoms with Crippen LogP contribution in [0.4, 0.5) is 5.69 Å². The number of methoxy groups -OCH3 is 1. The maximum atomic E-state index is 13.8. The predicted octanol–water partition coefficient (Wildman–Crippen LogP) is 4.75. The molecule has 2 unspecified atom stereocenters. The van der Waals surface area contributed by atoms with Gasteiger partial charge in [0.05, 0.1) is 24.2 Å². The first-order valence-electron chi connectivity index (χ1n) is 10.8. The number of rotatable bonds is 3. The third kappa shape index (κ3) is 2.95. The quantitative estimate of drug-likeness (QED) is 0.695. The number of sulfonamides is 1. The minimum absolute atomic E-state index is 0.106. The molecule has 0 aromatic heterocycles. The lowest BCUT2D eigenvalue weighted by Gasteiger charge is -2.43. The van der Waals surface area contributed by atoms with E-state index in [9.17, 15) is 13.2 Å². The van der Waals surface area contributed by atoms with Crippen LogP contribution < -0.4 is 9.04 Å². The van der Waals surface area contributed by atoms with E-state index in [2.05, 4.69) is 6.92 Å². The van der Waals surface area contributed by atoms with Gasteiger partial charge in [-0.1, -0.05) is 24.6 Å². The fraction of sp³-hybridized carbons (Fsp3) is 0.400. The van der Waals surface area contributed by atoms with E-state index >= 15 is 0 Å². The Hall–Kier alpha value is -2.60. The van der Waals surface area contributed by atoms with Crippen LogP contribution in [0.1, 0.15) is 43.7 Å². The lowest BCUT2D eigenvalue weighted by molar-refractivity contribution is -0.126. The van der Waals surface area contributed by atoms with E-state index in [1.807, 2.05) is 37.3 Å². The highest BCUT2D eigenvalue weighted by Gasteiger charge is 2.52. The van der Waals surface area contributed by atoms with Crippen molar-refractivity contribution < 1.29 is 17.9 Å². The molecule has 0 bridgehead atoms. The van der Waals surface area contributed by atoms with Crippen LogP contribution >= 0.6 is 0 Å². The molecule has 1 saturated carbocycles. The molecule has 162 valence electrons. The van der Waals surface area contributed by atoms with Crippen molar-refractivity contribution in [3.8, 4) is 5.75 Å². The largest absolute Gasteiger partial charge is 0.497 e. The van der Waals surface area contributed by atoms with Gasteiger partial charge in [-0.2, -0.15) is 0 Å². The summed E-state index contributed by atoms with van der Waals surface area (Å²) >= 11 is 0. The maximum Gasteiger partial charge on any atom is 0.264 e. The second-order valence-corrected chi connectivity index (χ2v) is 11.0. The van der Waals surface area contributed by atoms with Crippen LogP contribution in [0.25, 0.3) is 5.57 Å². The Morgan fingerprint density at radius 3 is 2.55 bits per heavy atom. The normalized spacial score (nSPS) is 25.2. The van der Waals surface area contributed by atoms with E-state index in [0.717, 1.165) is 36.0 Å². The molecule has 1 fully saturated rings. The van der Waals surface area contributed by atoms with Crippen molar-refractivity contribution >= 4 is 27.1 Å². The van der Waals surface area contributed by atoms with E-state index in [-0.39, 0.29) is 16.2 Å². The summed E-state index contributed by atoms with van der Waals surface area (Å²) in [6.45, 7) is 4.30. The lowest BCUT2D eigenvalue weighted by atomic mass is 9.64. The Bertz CT molecular complexity index is 1210. The number of carbonyl (C=O) groups excluding carboxylic acids is 1. The number of ether oxygens (including phenoxy) is 1. The molecule has 5 nitrogen and oxygen atoms in total. The summed E-state index contributed by atoms with van der Waals surface area (Å²) in [5.41, 5.74) is 4.57. The number of allylic oxidation sites excluding steroid dienone is 1. The molecule has 0 amide bonds. The number of hydrogen-bond acceptors (Lipinski definition) is 4. The first-order chi connectivity index (χ1) is 14.8. The highest BCUT2D eigenvalue weighted by Crippen LogP contribution is 2.57. The Labute approximate surface area is 183 Å². The second kappa shape index (κ2) is 6.95. The highest BCUT2D eigenvalue weighted by molar-refractivity contribution is 7.92. The summed E-state index contributed by atoms with van der Waals surface area (Å²) in [5, 5.41) is 0. The standard InChI is InChI=1S/C25H27NO4S/c1-16-4-7-18(8-5-16)31(28,29)26-15-21-19(20-9-6-17(30-3)14-23(20)26)12-13-25(2)22(21)10-11-24(25)27/h4-9,14,22H,10-13,15H2,1-3H3. The number of nitrogens with zero attached hydrogens (tertiary/aromatic N) is 1. The van der Waals surface area contributed by atoms with Gasteiger partial charge in [0.1, 0.15) is 11.5 Å². The van der Waals surface area contributed by atoms with Crippen molar-refractivity contribution in [3.63, 3.8) is 0 Å². The average molecular weight is 438 g/mol. The van der Waals surface area contributed by atoms with E-state index in [4.69, 9.17) is 4.74 Å². The predicted molar refractivity (Wildman–Crippen MR) is 121 cm³/mol. The molecule has 0 saturated heterocycles. The van der Waals surface area contributed by atoms with Gasteiger partial charge in [0.15, 0.2) is 0 Å². The van der Waals surface area contributed by atoms with Gasteiger partial charge in [-0.25, -0.2) is 8.42 Å². The molecule has 2 atom stereocenters. The van der Waals surface area contributed by atoms with Gasteiger partial charge >= 0.3 is 0 Å². The van der Waals surface area contributed by atoms with Crippen LogP contribution in [0.3, 0.4) is 0 Å². The Kier molecular flexibility index (Phi) is 4.56. The Morgan fingerprint density at radius 2 is 1.84 bits per heavy atom. The van der Waals surface area contributed by atoms with Crippen LogP contribution in [0, 0.1) is 18.3 Å². The third-order valence-electron chi connectivity index (χ3n) is 7.49. The lowest BCUT2D eigenvalue weighted by Crippen LogP contribution is -2.42. The summed E-state index contributed by atoms with van der Waals surface area (Å²) in [6, 6.07) is 12.6. The van der Waals surface area contributed by atoms with Crippen molar-refractivity contribution in [2.45, 2.75) is 44.4 Å². The number of ketones is 1. The fourth-order valence-corrected chi connectivity index (χ4v) is 7.06. The topological polar surface area (TPSA) is 63.7 Å². The molecule has 2 aliphatic carbocycles. The monoisotopic (exact) mass is 437 g/mol. The Morgan fingerprint density at radius 1 is 1.10 bits per heavy atom. The van der Waals surface area contributed by atoms with Gasteiger partial charge in [-0.15, -0.1) is 0 Å². The number of anilines is 1. The van der Waals surface area contributed by atoms with Crippen LogP contribution in [0.5, 0.6) is 5.75 Å². The van der Waals surface area contributed by atoms with Gasteiger partial charge in [0, 0.05) is 23.5 Å². The third-order valence-corrected chi connectivity index (χ3v) is 9.26. The molecule has 0 N–H and O–H groups in total. The van der Waals surface area contributed by atoms with Gasteiger partial charge in [0.25, 0.3) is 10.0 Å². The summed E-state index contributed by atoms with van der Waals surface area (Å²) in [6.07, 6.45) is 3.01. The number of benzene rings is 2. The fourth-order valence-electron chi connectivity index (χ4n) is 5.61. The van der Waals surface area contributed by atoms with E-state index < -0.39 is 10.0 Å². The number of aryl methyl sites for hydroxylation is 1. The van der Waals surface area contributed by atoms with Crippen LogP contribution in [0.2, 0.25) is 0 Å². The summed E-state index contributed by atoms with van der Waals surface area (Å²) in [4.78, 5) is 13.0. The minimum Gasteiger partial charge on any atom is -0.497 e. The molecular formula is C25H27NO4S. The van der Waals surface area contributed by atoms with Crippen LogP contribution in [-0.2, 0) is 14.8 Å². The minimum atomic E-state index is -3.77. The SMILES string of the molecule is COc1ccc2c(c1)N(S(=O)(=O)c1ccc(C)cc1)CC1=C2CCC2(C)C(=O)CCC12. The molecule has 6 heteroatoms. The van der Waals surface area contributed by atoms with Crippen LogP contribution in [-0.4, -0.2) is 27.9 Å². The first-order valence-corrected chi connectivity index (χ1v) is 12.2. The highest BCUT2D eigenvalue weighted by atomic mass is 32.2. The molecule has 0 radical (unpaired) electrons. The zero-order chi connectivity index (χ0) is 22.0. The number of Topliss-reactive ketones (excluding diaryl/α,β-unsaturated/α-hetero) is 1. The zero-order valence-electron chi connectivity index (χ0n) is 18.1. The first kappa shape index (κ1) is 20.3. The van der Waals surface area contributed by atoms with E-state index in [0.29, 0.717) is 30.2 Å². The molecule has 2 aromatic rings.